The highest BCUT2D eigenvalue weighted by molar-refractivity contribution is 7.98. The molecule has 6 nitrogen and oxygen atoms in total. The Balaban J connectivity index is 1.45. The molecule has 0 spiro atoms. The Hall–Kier alpha value is -3.49. The number of nitrogens with zero attached hydrogens (tertiary/aromatic N) is 5. The average Bonchev–Trinajstić information content (AvgIpc) is 3.46. The van der Waals surface area contributed by atoms with Crippen molar-refractivity contribution in [3.63, 3.8) is 0 Å². The fourth-order valence-electron chi connectivity index (χ4n) is 3.14. The molecule has 0 amide bonds. The lowest BCUT2D eigenvalue weighted by Crippen LogP contribution is -2.00. The normalized spacial score (nSPS) is 11.1. The summed E-state index contributed by atoms with van der Waals surface area (Å²) in [5, 5.41) is 18.1. The van der Waals surface area contributed by atoms with Crippen LogP contribution in [0.4, 0.5) is 4.39 Å². The molecule has 0 fully saturated rings. The summed E-state index contributed by atoms with van der Waals surface area (Å²) in [6, 6.07) is 23.2. The van der Waals surface area contributed by atoms with Crippen LogP contribution in [0.3, 0.4) is 0 Å². The van der Waals surface area contributed by atoms with Gasteiger partial charge in [-0.15, -0.1) is 20.4 Å². The van der Waals surface area contributed by atoms with Crippen molar-refractivity contribution in [3.05, 3.63) is 95.6 Å². The van der Waals surface area contributed by atoms with Crippen molar-refractivity contribution in [3.8, 4) is 28.5 Å². The minimum Gasteiger partial charge on any atom is -0.420 e. The maximum Gasteiger partial charge on any atom is 0.249 e. The van der Waals surface area contributed by atoms with E-state index in [-0.39, 0.29) is 5.82 Å². The van der Waals surface area contributed by atoms with Gasteiger partial charge in [-0.25, -0.2) is 4.39 Å². The molecular formula is C23H15ClFN5OS. The van der Waals surface area contributed by atoms with E-state index in [1.807, 2.05) is 53.1 Å². The van der Waals surface area contributed by atoms with Crippen molar-refractivity contribution >= 4 is 23.4 Å². The fourth-order valence-corrected chi connectivity index (χ4v) is 4.15. The zero-order chi connectivity index (χ0) is 21.9. The van der Waals surface area contributed by atoms with Crippen LogP contribution >= 0.6 is 23.4 Å². The third-order valence-electron chi connectivity index (χ3n) is 4.65. The van der Waals surface area contributed by atoms with Gasteiger partial charge in [0.05, 0.1) is 16.3 Å². The molecule has 9 heteroatoms. The molecule has 0 radical (unpaired) electrons. The van der Waals surface area contributed by atoms with E-state index in [2.05, 4.69) is 20.4 Å². The quantitative estimate of drug-likeness (QED) is 0.285. The van der Waals surface area contributed by atoms with Gasteiger partial charge in [0.25, 0.3) is 0 Å². The zero-order valence-corrected chi connectivity index (χ0v) is 18.1. The van der Waals surface area contributed by atoms with Crippen LogP contribution in [0.15, 0.2) is 88.4 Å². The predicted octanol–water partition coefficient (Wildman–Crippen LogP) is 6.07. The summed E-state index contributed by atoms with van der Waals surface area (Å²) in [4.78, 5) is 0. The van der Waals surface area contributed by atoms with Crippen LogP contribution in [0.25, 0.3) is 28.5 Å². The number of aromatic nitrogens is 5. The van der Waals surface area contributed by atoms with Gasteiger partial charge in [-0.1, -0.05) is 65.8 Å². The van der Waals surface area contributed by atoms with Gasteiger partial charge in [0.1, 0.15) is 5.82 Å². The van der Waals surface area contributed by atoms with Crippen molar-refractivity contribution in [2.24, 2.45) is 0 Å². The summed E-state index contributed by atoms with van der Waals surface area (Å²) in [5.74, 6) is 1.51. The van der Waals surface area contributed by atoms with Crippen LogP contribution in [0.5, 0.6) is 0 Å². The number of halogens is 2. The summed E-state index contributed by atoms with van der Waals surface area (Å²) in [6.07, 6.45) is 0. The molecule has 32 heavy (non-hydrogen) atoms. The molecule has 2 aromatic heterocycles. The SMILES string of the molecule is Fc1ccc(-n2c(SCc3nnc(-c4ccccc4Cl)o3)nnc2-c2ccccc2)cc1. The summed E-state index contributed by atoms with van der Waals surface area (Å²) in [6.45, 7) is 0. The van der Waals surface area contributed by atoms with E-state index >= 15 is 0 Å². The topological polar surface area (TPSA) is 69.6 Å². The summed E-state index contributed by atoms with van der Waals surface area (Å²) in [7, 11) is 0. The standard InChI is InChI=1S/C23H15ClFN5OS/c24-19-9-5-4-8-18(19)22-28-26-20(31-22)14-32-23-29-27-21(15-6-2-1-3-7-15)30(23)17-12-10-16(25)11-13-17/h1-13H,14H2. The van der Waals surface area contributed by atoms with Crippen LogP contribution in [0.2, 0.25) is 5.02 Å². The van der Waals surface area contributed by atoms with E-state index in [4.69, 9.17) is 16.0 Å². The van der Waals surface area contributed by atoms with Crippen molar-refractivity contribution in [1.82, 2.24) is 25.0 Å². The number of rotatable bonds is 6. The summed E-state index contributed by atoms with van der Waals surface area (Å²) < 4.78 is 21.2. The van der Waals surface area contributed by atoms with Gasteiger partial charge in [-0.05, 0) is 36.4 Å². The molecule has 0 atom stereocenters. The molecule has 0 aliphatic heterocycles. The first-order valence-corrected chi connectivity index (χ1v) is 11.0. The maximum absolute atomic E-state index is 13.5. The lowest BCUT2D eigenvalue weighted by molar-refractivity contribution is 0.528. The number of hydrogen-bond donors (Lipinski definition) is 0. The van der Waals surface area contributed by atoms with E-state index in [1.165, 1.54) is 23.9 Å². The van der Waals surface area contributed by atoms with Crippen molar-refractivity contribution in [2.75, 3.05) is 0 Å². The number of benzene rings is 3. The zero-order valence-electron chi connectivity index (χ0n) is 16.5. The average molecular weight is 464 g/mol. The molecule has 0 bridgehead atoms. The lowest BCUT2D eigenvalue weighted by Gasteiger charge is -2.10. The van der Waals surface area contributed by atoms with Gasteiger partial charge in [-0.3, -0.25) is 4.57 Å². The lowest BCUT2D eigenvalue weighted by atomic mass is 10.2. The first-order valence-electron chi connectivity index (χ1n) is 9.66. The molecule has 0 N–H and O–H groups in total. The summed E-state index contributed by atoms with van der Waals surface area (Å²) in [5.41, 5.74) is 2.33. The second-order valence-corrected chi connectivity index (χ2v) is 8.10. The second-order valence-electron chi connectivity index (χ2n) is 6.75. The molecule has 0 saturated heterocycles. The molecule has 0 unspecified atom stereocenters. The summed E-state index contributed by atoms with van der Waals surface area (Å²) >= 11 is 7.61. The Morgan fingerprint density at radius 2 is 1.59 bits per heavy atom. The number of thioether (sulfide) groups is 1. The molecule has 5 aromatic rings. The van der Waals surface area contributed by atoms with Crippen molar-refractivity contribution < 1.29 is 8.81 Å². The molecule has 0 aliphatic rings. The van der Waals surface area contributed by atoms with Crippen LogP contribution in [0.1, 0.15) is 5.89 Å². The van der Waals surface area contributed by atoms with E-state index in [0.717, 1.165) is 11.3 Å². The Kier molecular flexibility index (Phi) is 5.70. The Bertz CT molecular complexity index is 1350. The highest BCUT2D eigenvalue weighted by atomic mass is 35.5. The molecule has 0 saturated carbocycles. The van der Waals surface area contributed by atoms with Crippen molar-refractivity contribution in [1.29, 1.82) is 0 Å². The van der Waals surface area contributed by atoms with E-state index in [9.17, 15) is 4.39 Å². The van der Waals surface area contributed by atoms with Crippen LogP contribution in [0, 0.1) is 5.82 Å². The highest BCUT2D eigenvalue weighted by Crippen LogP contribution is 2.31. The monoisotopic (exact) mass is 463 g/mol. The minimum atomic E-state index is -0.310. The molecule has 3 aromatic carbocycles. The molecule has 5 rings (SSSR count). The van der Waals surface area contributed by atoms with Crippen molar-refractivity contribution in [2.45, 2.75) is 10.9 Å². The largest absolute Gasteiger partial charge is 0.420 e. The Labute approximate surface area is 192 Å². The van der Waals surface area contributed by atoms with Gasteiger partial charge in [0.15, 0.2) is 11.0 Å². The Morgan fingerprint density at radius 1 is 0.844 bits per heavy atom. The second kappa shape index (κ2) is 8.94. The highest BCUT2D eigenvalue weighted by Gasteiger charge is 2.18. The minimum absolute atomic E-state index is 0.310. The third-order valence-corrected chi connectivity index (χ3v) is 5.89. The van der Waals surface area contributed by atoms with Gasteiger partial charge in [-0.2, -0.15) is 0 Å². The Morgan fingerprint density at radius 3 is 2.38 bits per heavy atom. The van der Waals surface area contributed by atoms with Crippen LogP contribution in [-0.4, -0.2) is 25.0 Å². The van der Waals surface area contributed by atoms with E-state index in [0.29, 0.717) is 39.1 Å². The molecule has 0 aliphatic carbocycles. The molecular weight excluding hydrogens is 449 g/mol. The number of hydrogen-bond acceptors (Lipinski definition) is 6. The smallest absolute Gasteiger partial charge is 0.249 e. The fraction of sp³-hybridized carbons (Fsp3) is 0.0435. The maximum atomic E-state index is 13.5. The molecule has 2 heterocycles. The van der Waals surface area contributed by atoms with E-state index in [1.54, 1.807) is 18.2 Å². The predicted molar refractivity (Wildman–Crippen MR) is 121 cm³/mol. The first-order chi connectivity index (χ1) is 15.7. The molecule has 158 valence electrons. The van der Waals surface area contributed by atoms with Gasteiger partial charge < -0.3 is 4.42 Å². The third kappa shape index (κ3) is 4.15. The van der Waals surface area contributed by atoms with Crippen LogP contribution < -0.4 is 0 Å². The first kappa shape index (κ1) is 20.4. The van der Waals surface area contributed by atoms with Gasteiger partial charge in [0, 0.05) is 11.3 Å². The van der Waals surface area contributed by atoms with Gasteiger partial charge >= 0.3 is 0 Å². The van der Waals surface area contributed by atoms with Gasteiger partial charge in [0.2, 0.25) is 11.8 Å². The van der Waals surface area contributed by atoms with Crippen LogP contribution in [-0.2, 0) is 5.75 Å². The van der Waals surface area contributed by atoms with E-state index < -0.39 is 0 Å².